The summed E-state index contributed by atoms with van der Waals surface area (Å²) in [5.41, 5.74) is 0.941. The van der Waals surface area contributed by atoms with E-state index in [2.05, 4.69) is 48.0 Å². The molecule has 0 bridgehead atoms. The first-order chi connectivity index (χ1) is 10.9. The molecule has 1 aliphatic rings. The van der Waals surface area contributed by atoms with Gasteiger partial charge in [0, 0.05) is 37.9 Å². The maximum atomic E-state index is 11.0. The van der Waals surface area contributed by atoms with Crippen molar-refractivity contribution in [2.24, 2.45) is 0 Å². The van der Waals surface area contributed by atoms with E-state index in [1.807, 2.05) is 23.1 Å². The molecule has 0 spiro atoms. The predicted octanol–water partition coefficient (Wildman–Crippen LogP) is 1.73. The number of likely N-dealkylation sites (tertiary alicyclic amines) is 1. The van der Waals surface area contributed by atoms with Crippen molar-refractivity contribution in [2.75, 3.05) is 13.1 Å². The van der Waals surface area contributed by atoms with Gasteiger partial charge in [-0.1, -0.05) is 5.21 Å². The molecule has 2 aromatic heterocycles. The number of hydrogen-bond acceptors (Lipinski definition) is 5. The average molecular weight is 318 g/mol. The van der Waals surface area contributed by atoms with Crippen LogP contribution >= 0.6 is 0 Å². The fraction of sp³-hybridized carbons (Fsp3) is 0.688. The molecule has 7 heteroatoms. The molecule has 1 fully saturated rings. The number of aliphatic hydroxyl groups is 1. The van der Waals surface area contributed by atoms with Crippen LogP contribution in [0, 0.1) is 0 Å². The van der Waals surface area contributed by atoms with E-state index >= 15 is 0 Å². The van der Waals surface area contributed by atoms with Crippen LogP contribution in [-0.2, 0) is 12.1 Å². The second-order valence-corrected chi connectivity index (χ2v) is 7.03. The Labute approximate surface area is 136 Å². The molecule has 3 rings (SSSR count). The fourth-order valence-electron chi connectivity index (χ4n) is 3.12. The largest absolute Gasteiger partial charge is 0.382 e. The van der Waals surface area contributed by atoms with Crippen molar-refractivity contribution in [1.82, 2.24) is 29.7 Å². The van der Waals surface area contributed by atoms with Gasteiger partial charge in [-0.25, -0.2) is 4.68 Å². The van der Waals surface area contributed by atoms with Crippen LogP contribution in [-0.4, -0.2) is 47.9 Å². The molecule has 1 N–H and O–H groups in total. The topological polar surface area (TPSA) is 72.0 Å². The van der Waals surface area contributed by atoms with Crippen LogP contribution in [0.25, 0.3) is 0 Å². The Bertz CT molecular complexity index is 661. The molecule has 1 atom stereocenters. The Morgan fingerprint density at radius 2 is 2.04 bits per heavy atom. The molecular weight excluding hydrogens is 292 g/mol. The maximum Gasteiger partial charge on any atom is 0.124 e. The van der Waals surface area contributed by atoms with Crippen LogP contribution < -0.4 is 0 Å². The van der Waals surface area contributed by atoms with E-state index < -0.39 is 5.60 Å². The normalized spacial score (nSPS) is 22.6. The van der Waals surface area contributed by atoms with Crippen LogP contribution in [0.4, 0.5) is 0 Å². The summed E-state index contributed by atoms with van der Waals surface area (Å²) in [7, 11) is 0. The molecule has 0 amide bonds. The van der Waals surface area contributed by atoms with E-state index in [1.165, 1.54) is 5.69 Å². The summed E-state index contributed by atoms with van der Waals surface area (Å²) in [5.74, 6) is 0. The molecule has 0 unspecified atom stereocenters. The molecule has 0 aliphatic carbocycles. The second kappa shape index (κ2) is 6.05. The quantitative estimate of drug-likeness (QED) is 0.909. The minimum absolute atomic E-state index is 0.248. The SMILES string of the molecule is CC(C)n1cc([C@]2(O)CCN(Cc3ccnn3C(C)C)C2)nn1. The Hall–Kier alpha value is -1.73. The standard InChI is InChI=1S/C16H26N6O/c1-12(2)21-10-15(18-19-21)16(23)6-8-20(11-16)9-14-5-7-17-22(14)13(3)4/h5,7,10,12-13,23H,6,8-9,11H2,1-4H3/t16-/m0/s1. The van der Waals surface area contributed by atoms with Crippen LogP contribution in [0.5, 0.6) is 0 Å². The third-order valence-corrected chi connectivity index (χ3v) is 4.47. The van der Waals surface area contributed by atoms with Crippen molar-refractivity contribution in [1.29, 1.82) is 0 Å². The van der Waals surface area contributed by atoms with E-state index in [0.717, 1.165) is 13.1 Å². The zero-order valence-electron chi connectivity index (χ0n) is 14.3. The first-order valence-electron chi connectivity index (χ1n) is 8.28. The van der Waals surface area contributed by atoms with E-state index in [1.54, 1.807) is 4.68 Å². The molecule has 0 aromatic carbocycles. The number of aromatic nitrogens is 5. The molecule has 0 saturated carbocycles. The van der Waals surface area contributed by atoms with Gasteiger partial charge in [0.05, 0.1) is 11.9 Å². The van der Waals surface area contributed by atoms with Crippen molar-refractivity contribution in [2.45, 2.75) is 58.3 Å². The molecule has 1 aliphatic heterocycles. The van der Waals surface area contributed by atoms with Gasteiger partial charge in [0.1, 0.15) is 11.3 Å². The Balaban J connectivity index is 1.70. The second-order valence-electron chi connectivity index (χ2n) is 7.03. The smallest absolute Gasteiger partial charge is 0.124 e. The number of nitrogens with zero attached hydrogens (tertiary/aromatic N) is 6. The van der Waals surface area contributed by atoms with E-state index in [9.17, 15) is 5.11 Å². The van der Waals surface area contributed by atoms with Gasteiger partial charge in [0.25, 0.3) is 0 Å². The minimum atomic E-state index is -0.907. The van der Waals surface area contributed by atoms with Gasteiger partial charge in [-0.15, -0.1) is 5.10 Å². The lowest BCUT2D eigenvalue weighted by atomic mass is 10.00. The lowest BCUT2D eigenvalue weighted by Crippen LogP contribution is -2.31. The van der Waals surface area contributed by atoms with Gasteiger partial charge in [-0.3, -0.25) is 9.58 Å². The van der Waals surface area contributed by atoms with Gasteiger partial charge in [0.2, 0.25) is 0 Å². The Morgan fingerprint density at radius 3 is 2.70 bits per heavy atom. The highest BCUT2D eigenvalue weighted by atomic mass is 16.3. The summed E-state index contributed by atoms with van der Waals surface area (Å²) < 4.78 is 3.83. The lowest BCUT2D eigenvalue weighted by Gasteiger charge is -2.22. The van der Waals surface area contributed by atoms with Crippen LogP contribution in [0.15, 0.2) is 18.5 Å². The lowest BCUT2D eigenvalue weighted by molar-refractivity contribution is 0.0405. The van der Waals surface area contributed by atoms with Crippen molar-refractivity contribution >= 4 is 0 Å². The maximum absolute atomic E-state index is 11.0. The molecular formula is C16H26N6O. The molecule has 7 nitrogen and oxygen atoms in total. The van der Waals surface area contributed by atoms with E-state index in [-0.39, 0.29) is 6.04 Å². The van der Waals surface area contributed by atoms with Gasteiger partial charge >= 0.3 is 0 Å². The molecule has 23 heavy (non-hydrogen) atoms. The summed E-state index contributed by atoms with van der Waals surface area (Å²) in [6, 6.07) is 2.64. The van der Waals surface area contributed by atoms with E-state index in [0.29, 0.717) is 24.7 Å². The van der Waals surface area contributed by atoms with Crippen LogP contribution in [0.3, 0.4) is 0 Å². The summed E-state index contributed by atoms with van der Waals surface area (Å²) in [6.07, 6.45) is 4.39. The summed E-state index contributed by atoms with van der Waals surface area (Å²) >= 11 is 0. The zero-order valence-corrected chi connectivity index (χ0v) is 14.3. The average Bonchev–Trinajstić information content (AvgIpc) is 3.19. The predicted molar refractivity (Wildman–Crippen MR) is 86.8 cm³/mol. The van der Waals surface area contributed by atoms with Crippen molar-refractivity contribution in [3.8, 4) is 0 Å². The zero-order chi connectivity index (χ0) is 16.6. The van der Waals surface area contributed by atoms with Gasteiger partial charge in [-0.05, 0) is 40.2 Å². The summed E-state index contributed by atoms with van der Waals surface area (Å²) in [4.78, 5) is 2.25. The Kier molecular flexibility index (Phi) is 4.25. The molecule has 0 radical (unpaired) electrons. The van der Waals surface area contributed by atoms with Crippen molar-refractivity contribution in [3.05, 3.63) is 29.8 Å². The monoisotopic (exact) mass is 318 g/mol. The number of rotatable bonds is 5. The third-order valence-electron chi connectivity index (χ3n) is 4.47. The Morgan fingerprint density at radius 1 is 1.26 bits per heavy atom. The van der Waals surface area contributed by atoms with E-state index in [4.69, 9.17) is 0 Å². The first-order valence-corrected chi connectivity index (χ1v) is 8.28. The number of β-amino-alcohol motifs (C(OH)–C–C–N with tert-alkyl or cyclic N) is 1. The third kappa shape index (κ3) is 3.16. The highest BCUT2D eigenvalue weighted by molar-refractivity contribution is 5.12. The minimum Gasteiger partial charge on any atom is -0.382 e. The number of hydrogen-bond donors (Lipinski definition) is 1. The molecule has 2 aromatic rings. The summed E-state index contributed by atoms with van der Waals surface area (Å²) in [6.45, 7) is 10.6. The molecule has 3 heterocycles. The van der Waals surface area contributed by atoms with Crippen molar-refractivity contribution in [3.63, 3.8) is 0 Å². The van der Waals surface area contributed by atoms with Crippen LogP contribution in [0.1, 0.15) is 57.6 Å². The van der Waals surface area contributed by atoms with Gasteiger partial charge < -0.3 is 5.11 Å². The summed E-state index contributed by atoms with van der Waals surface area (Å²) in [5, 5.41) is 23.6. The molecule has 1 saturated heterocycles. The fourth-order valence-corrected chi connectivity index (χ4v) is 3.12. The van der Waals surface area contributed by atoms with Gasteiger partial charge in [0.15, 0.2) is 0 Å². The van der Waals surface area contributed by atoms with Gasteiger partial charge in [-0.2, -0.15) is 5.10 Å². The first kappa shape index (κ1) is 16.1. The van der Waals surface area contributed by atoms with Crippen molar-refractivity contribution < 1.29 is 5.11 Å². The highest BCUT2D eigenvalue weighted by Crippen LogP contribution is 2.31. The molecule has 126 valence electrons. The highest BCUT2D eigenvalue weighted by Gasteiger charge is 2.40. The van der Waals surface area contributed by atoms with Crippen LogP contribution in [0.2, 0.25) is 0 Å².